The summed E-state index contributed by atoms with van der Waals surface area (Å²) < 4.78 is 22.4. The van der Waals surface area contributed by atoms with Crippen molar-refractivity contribution >= 4 is 15.7 Å². The number of piperidine rings is 1. The van der Waals surface area contributed by atoms with E-state index in [-0.39, 0.29) is 11.9 Å². The van der Waals surface area contributed by atoms with Crippen molar-refractivity contribution in [2.45, 2.75) is 50.3 Å². The Bertz CT molecular complexity index is 463. The first-order chi connectivity index (χ1) is 9.23. The first-order valence-corrected chi connectivity index (χ1v) is 9.34. The summed E-state index contributed by atoms with van der Waals surface area (Å²) in [5.74, 6) is 0.275. The molecule has 0 unspecified atom stereocenters. The predicted octanol–water partition coefficient (Wildman–Crippen LogP) is 0.800. The maximum absolute atomic E-state index is 12.7. The summed E-state index contributed by atoms with van der Waals surface area (Å²) in [5, 5.41) is 3.32. The molecule has 0 aromatic carbocycles. The van der Waals surface area contributed by atoms with Crippen LogP contribution in [0.15, 0.2) is 0 Å². The fourth-order valence-corrected chi connectivity index (χ4v) is 3.07. The second-order valence-corrected chi connectivity index (χ2v) is 9.23. The van der Waals surface area contributed by atoms with Gasteiger partial charge in [-0.05, 0) is 58.5 Å². The average molecular weight is 302 g/mol. The third-order valence-corrected chi connectivity index (χ3v) is 6.63. The molecule has 0 aromatic rings. The van der Waals surface area contributed by atoms with Crippen molar-refractivity contribution in [3.63, 3.8) is 0 Å². The van der Waals surface area contributed by atoms with E-state index >= 15 is 0 Å². The minimum atomic E-state index is -3.40. The van der Waals surface area contributed by atoms with Crippen LogP contribution in [0.5, 0.6) is 0 Å². The molecule has 20 heavy (non-hydrogen) atoms. The van der Waals surface area contributed by atoms with Crippen molar-refractivity contribution in [3.05, 3.63) is 0 Å². The maximum Gasteiger partial charge on any atom is 0.243 e. The Morgan fingerprint density at radius 1 is 1.20 bits per heavy atom. The van der Waals surface area contributed by atoms with Gasteiger partial charge < -0.3 is 10.2 Å². The predicted molar refractivity (Wildman–Crippen MR) is 79.3 cm³/mol. The van der Waals surface area contributed by atoms with Gasteiger partial charge in [-0.2, -0.15) is 0 Å². The fourth-order valence-electron chi connectivity index (χ4n) is 2.63. The summed E-state index contributed by atoms with van der Waals surface area (Å²) in [6, 6.07) is 0.262. The molecule has 0 spiro atoms. The first-order valence-electron chi connectivity index (χ1n) is 7.45. The molecule has 1 amide bonds. The van der Waals surface area contributed by atoms with Gasteiger partial charge in [-0.15, -0.1) is 0 Å². The van der Waals surface area contributed by atoms with E-state index < -0.39 is 14.6 Å². The zero-order valence-corrected chi connectivity index (χ0v) is 13.5. The Labute approximate surface area is 122 Å². The van der Waals surface area contributed by atoms with Gasteiger partial charge in [0, 0.05) is 18.8 Å². The zero-order valence-electron chi connectivity index (χ0n) is 12.7. The Morgan fingerprint density at radius 3 is 2.20 bits per heavy atom. The van der Waals surface area contributed by atoms with Gasteiger partial charge in [0.2, 0.25) is 5.91 Å². The van der Waals surface area contributed by atoms with E-state index in [9.17, 15) is 13.2 Å². The van der Waals surface area contributed by atoms with Gasteiger partial charge in [-0.1, -0.05) is 0 Å². The van der Waals surface area contributed by atoms with E-state index in [2.05, 4.69) is 5.32 Å². The monoisotopic (exact) mass is 302 g/mol. The van der Waals surface area contributed by atoms with Gasteiger partial charge in [0.05, 0.1) is 0 Å². The summed E-state index contributed by atoms with van der Waals surface area (Å²) in [4.78, 5) is 14.5. The SMILES string of the molecule is CC(C)(C(=O)N(CC1CCNCC1)C1CC1)S(C)(=O)=O. The molecule has 1 saturated heterocycles. The third kappa shape index (κ3) is 3.34. The van der Waals surface area contributed by atoms with E-state index in [1.165, 1.54) is 13.8 Å². The topological polar surface area (TPSA) is 66.5 Å². The van der Waals surface area contributed by atoms with Gasteiger partial charge in [0.15, 0.2) is 9.84 Å². The average Bonchev–Trinajstić information content (AvgIpc) is 3.19. The van der Waals surface area contributed by atoms with Crippen LogP contribution in [0.25, 0.3) is 0 Å². The van der Waals surface area contributed by atoms with Crippen LogP contribution < -0.4 is 5.32 Å². The summed E-state index contributed by atoms with van der Waals surface area (Å²) in [6.07, 6.45) is 5.30. The molecule has 1 saturated carbocycles. The molecule has 0 aromatic heterocycles. The van der Waals surface area contributed by atoms with Crippen LogP contribution in [0.3, 0.4) is 0 Å². The van der Waals surface area contributed by atoms with Crippen LogP contribution >= 0.6 is 0 Å². The fraction of sp³-hybridized carbons (Fsp3) is 0.929. The highest BCUT2D eigenvalue weighted by Gasteiger charge is 2.45. The minimum Gasteiger partial charge on any atom is -0.338 e. The Kier molecular flexibility index (Phi) is 4.44. The standard InChI is InChI=1S/C14H26N2O3S/c1-14(2,20(3,18)19)13(17)16(12-4-5-12)10-11-6-8-15-9-7-11/h11-12,15H,4-10H2,1-3H3. The number of sulfone groups is 1. The lowest BCUT2D eigenvalue weighted by Gasteiger charge is -2.34. The normalized spacial score (nSPS) is 21.8. The number of rotatable bonds is 5. The molecule has 1 N–H and O–H groups in total. The van der Waals surface area contributed by atoms with Crippen LogP contribution in [0.2, 0.25) is 0 Å². The van der Waals surface area contributed by atoms with Crippen molar-refractivity contribution in [1.82, 2.24) is 10.2 Å². The largest absolute Gasteiger partial charge is 0.338 e. The third-order valence-electron chi connectivity index (χ3n) is 4.60. The number of hydrogen-bond donors (Lipinski definition) is 1. The Balaban J connectivity index is 2.10. The highest BCUT2D eigenvalue weighted by molar-refractivity contribution is 7.92. The summed E-state index contributed by atoms with van der Waals surface area (Å²) in [6.45, 7) is 5.76. The lowest BCUT2D eigenvalue weighted by molar-refractivity contribution is -0.134. The van der Waals surface area contributed by atoms with E-state index in [0.29, 0.717) is 12.5 Å². The second-order valence-electron chi connectivity index (χ2n) is 6.66. The van der Waals surface area contributed by atoms with Crippen molar-refractivity contribution in [3.8, 4) is 0 Å². The molecular formula is C14H26N2O3S. The summed E-state index contributed by atoms with van der Waals surface area (Å²) >= 11 is 0. The highest BCUT2D eigenvalue weighted by atomic mass is 32.2. The van der Waals surface area contributed by atoms with Gasteiger partial charge in [-0.25, -0.2) is 8.42 Å². The molecule has 0 bridgehead atoms. The molecule has 0 radical (unpaired) electrons. The van der Waals surface area contributed by atoms with Crippen molar-refractivity contribution < 1.29 is 13.2 Å². The first kappa shape index (κ1) is 15.8. The smallest absolute Gasteiger partial charge is 0.243 e. The number of amides is 1. The highest BCUT2D eigenvalue weighted by Crippen LogP contribution is 2.32. The minimum absolute atomic E-state index is 0.221. The molecule has 2 rings (SSSR count). The van der Waals surface area contributed by atoms with E-state index in [1.54, 1.807) is 0 Å². The lowest BCUT2D eigenvalue weighted by atomic mass is 9.97. The van der Waals surface area contributed by atoms with Gasteiger partial charge in [0.25, 0.3) is 0 Å². The molecular weight excluding hydrogens is 276 g/mol. The van der Waals surface area contributed by atoms with Gasteiger partial charge in [0.1, 0.15) is 4.75 Å². The molecule has 6 heteroatoms. The Hall–Kier alpha value is -0.620. The summed E-state index contributed by atoms with van der Waals surface area (Å²) in [7, 11) is -3.40. The molecule has 2 fully saturated rings. The van der Waals surface area contributed by atoms with Crippen molar-refractivity contribution in [2.24, 2.45) is 5.92 Å². The number of nitrogens with one attached hydrogen (secondary N) is 1. The van der Waals surface area contributed by atoms with E-state index in [0.717, 1.165) is 45.0 Å². The quantitative estimate of drug-likeness (QED) is 0.816. The number of hydrogen-bond acceptors (Lipinski definition) is 4. The maximum atomic E-state index is 12.7. The lowest BCUT2D eigenvalue weighted by Crippen LogP contribution is -2.52. The second kappa shape index (κ2) is 5.64. The molecule has 5 nitrogen and oxygen atoms in total. The van der Waals surface area contributed by atoms with Crippen LogP contribution in [-0.2, 0) is 14.6 Å². The summed E-state index contributed by atoms with van der Waals surface area (Å²) in [5.41, 5.74) is 0. The molecule has 1 aliphatic carbocycles. The molecule has 116 valence electrons. The van der Waals surface area contributed by atoms with Crippen LogP contribution in [0, 0.1) is 5.92 Å². The van der Waals surface area contributed by atoms with Crippen LogP contribution in [-0.4, -0.2) is 55.9 Å². The Morgan fingerprint density at radius 2 is 1.75 bits per heavy atom. The van der Waals surface area contributed by atoms with Gasteiger partial charge >= 0.3 is 0 Å². The number of nitrogens with zero attached hydrogens (tertiary/aromatic N) is 1. The molecule has 1 heterocycles. The zero-order chi connectivity index (χ0) is 15.0. The molecule has 2 aliphatic rings. The van der Waals surface area contributed by atoms with Crippen molar-refractivity contribution in [2.75, 3.05) is 25.9 Å². The molecule has 1 aliphatic heterocycles. The van der Waals surface area contributed by atoms with E-state index in [4.69, 9.17) is 0 Å². The van der Waals surface area contributed by atoms with E-state index in [1.807, 2.05) is 4.90 Å². The van der Waals surface area contributed by atoms with Crippen molar-refractivity contribution in [1.29, 1.82) is 0 Å². The molecule has 0 atom stereocenters. The van der Waals surface area contributed by atoms with Gasteiger partial charge in [-0.3, -0.25) is 4.79 Å². The number of carbonyl (C=O) groups excluding carboxylic acids is 1. The number of carbonyl (C=O) groups is 1. The van der Waals surface area contributed by atoms with Crippen LogP contribution in [0.1, 0.15) is 39.5 Å². The van der Waals surface area contributed by atoms with Crippen LogP contribution in [0.4, 0.5) is 0 Å².